The fourth-order valence-electron chi connectivity index (χ4n) is 2.36. The van der Waals surface area contributed by atoms with Crippen molar-refractivity contribution in [3.8, 4) is 5.69 Å². The predicted octanol–water partition coefficient (Wildman–Crippen LogP) is 3.44. The van der Waals surface area contributed by atoms with Crippen LogP contribution in [0.2, 0.25) is 0 Å². The minimum Gasteiger partial charge on any atom is -0.768 e. The molecule has 0 aliphatic carbocycles. The van der Waals surface area contributed by atoms with Crippen LogP contribution < -0.4 is 5.56 Å². The zero-order valence-electron chi connectivity index (χ0n) is 13.6. The van der Waals surface area contributed by atoms with Crippen molar-refractivity contribution in [3.05, 3.63) is 70.1 Å². The van der Waals surface area contributed by atoms with Crippen molar-refractivity contribution in [2.75, 3.05) is 0 Å². The van der Waals surface area contributed by atoms with Crippen LogP contribution in [-0.4, -0.2) is 18.5 Å². The Hall–Kier alpha value is -2.84. The summed E-state index contributed by atoms with van der Waals surface area (Å²) in [6.45, 7) is 3.47. The predicted molar refractivity (Wildman–Crippen MR) is 93.7 cm³/mol. The van der Waals surface area contributed by atoms with Gasteiger partial charge in [-0.15, -0.1) is 5.11 Å². The van der Waals surface area contributed by atoms with E-state index in [2.05, 4.69) is 15.3 Å². The minimum atomic E-state index is -2.29. The summed E-state index contributed by atoms with van der Waals surface area (Å²) in [6.07, 6.45) is 0. The molecule has 0 radical (unpaired) electrons. The summed E-state index contributed by atoms with van der Waals surface area (Å²) in [7, 11) is 0. The van der Waals surface area contributed by atoms with Gasteiger partial charge in [-0.2, -0.15) is 5.11 Å². The van der Waals surface area contributed by atoms with E-state index in [0.717, 1.165) is 0 Å². The molecule has 0 aliphatic rings. The molecule has 1 unspecified atom stereocenters. The summed E-state index contributed by atoms with van der Waals surface area (Å²) in [5, 5.41) is 11.1. The van der Waals surface area contributed by atoms with Crippen molar-refractivity contribution in [2.45, 2.75) is 18.7 Å². The third-order valence-corrected chi connectivity index (χ3v) is 4.31. The molecule has 7 nitrogen and oxygen atoms in total. The first kappa shape index (κ1) is 17.0. The summed E-state index contributed by atoms with van der Waals surface area (Å²) < 4.78 is 23.3. The number of hydrogen-bond donors (Lipinski definition) is 1. The molecule has 0 spiro atoms. The number of benzene rings is 2. The van der Waals surface area contributed by atoms with E-state index in [1.54, 1.807) is 19.9 Å². The highest BCUT2D eigenvalue weighted by molar-refractivity contribution is 7.79. The molecule has 0 amide bonds. The van der Waals surface area contributed by atoms with Crippen molar-refractivity contribution < 1.29 is 8.76 Å². The van der Waals surface area contributed by atoms with E-state index in [-0.39, 0.29) is 16.1 Å². The van der Waals surface area contributed by atoms with Crippen LogP contribution in [0, 0.1) is 13.8 Å². The van der Waals surface area contributed by atoms with Crippen LogP contribution in [0.1, 0.15) is 11.3 Å². The zero-order valence-corrected chi connectivity index (χ0v) is 14.4. The smallest absolute Gasteiger partial charge is 0.299 e. The topological polar surface area (TPSA) is 103 Å². The van der Waals surface area contributed by atoms with Crippen molar-refractivity contribution in [1.29, 1.82) is 0 Å². The average molecular weight is 355 g/mol. The number of H-pyrrole nitrogens is 1. The van der Waals surface area contributed by atoms with Crippen LogP contribution in [0.25, 0.3) is 5.69 Å². The number of azo groups is 1. The molecule has 0 saturated carbocycles. The standard InChI is InChI=1S/C17H16N4O3S/c1-11-10-14(25(23)24)8-9-15(11)18-19-16-12(2)20-21(17(16)22)13-6-4-3-5-7-13/h3-10,20H,1-2H3,(H,23,24)/p-1. The van der Waals surface area contributed by atoms with Gasteiger partial charge < -0.3 is 4.55 Å². The van der Waals surface area contributed by atoms with Crippen LogP contribution in [-0.2, 0) is 11.1 Å². The van der Waals surface area contributed by atoms with Gasteiger partial charge in [-0.3, -0.25) is 14.1 Å². The van der Waals surface area contributed by atoms with Gasteiger partial charge in [0.05, 0.1) is 17.1 Å². The molecule has 0 fully saturated rings. The van der Waals surface area contributed by atoms with E-state index in [4.69, 9.17) is 0 Å². The van der Waals surface area contributed by atoms with Gasteiger partial charge in [0.25, 0.3) is 5.56 Å². The molecule has 128 valence electrons. The highest BCUT2D eigenvalue weighted by Gasteiger charge is 2.12. The highest BCUT2D eigenvalue weighted by atomic mass is 32.2. The van der Waals surface area contributed by atoms with E-state index in [1.165, 1.54) is 16.8 Å². The Morgan fingerprint density at radius 3 is 2.44 bits per heavy atom. The van der Waals surface area contributed by atoms with Gasteiger partial charge >= 0.3 is 0 Å². The second kappa shape index (κ2) is 6.96. The molecule has 3 aromatic rings. The van der Waals surface area contributed by atoms with E-state index >= 15 is 0 Å². The lowest BCUT2D eigenvalue weighted by Gasteiger charge is -2.06. The molecule has 2 aromatic carbocycles. The highest BCUT2D eigenvalue weighted by Crippen LogP contribution is 2.24. The lowest BCUT2D eigenvalue weighted by atomic mass is 10.2. The Morgan fingerprint density at radius 1 is 1.08 bits per heavy atom. The summed E-state index contributed by atoms with van der Waals surface area (Å²) in [5.74, 6) is 0. The number of hydrogen-bond acceptors (Lipinski definition) is 5. The monoisotopic (exact) mass is 355 g/mol. The van der Waals surface area contributed by atoms with Gasteiger partial charge in [0.2, 0.25) is 0 Å². The molecule has 1 atom stereocenters. The zero-order chi connectivity index (χ0) is 18.0. The van der Waals surface area contributed by atoms with Crippen LogP contribution in [0.4, 0.5) is 11.4 Å². The van der Waals surface area contributed by atoms with Crippen molar-refractivity contribution >= 4 is 22.5 Å². The molecule has 0 aliphatic heterocycles. The van der Waals surface area contributed by atoms with Gasteiger partial charge in [-0.05, 0) is 60.8 Å². The molecular formula is C17H15N4O3S-. The summed E-state index contributed by atoms with van der Waals surface area (Å²) in [4.78, 5) is 12.7. The SMILES string of the molecule is Cc1cc(S(=O)[O-])ccc1N=Nc1c(C)[nH]n(-c2ccccc2)c1=O. The Bertz CT molecular complexity index is 1020. The van der Waals surface area contributed by atoms with Gasteiger partial charge in [-0.25, -0.2) is 4.68 Å². The lowest BCUT2D eigenvalue weighted by molar-refractivity contribution is 0.537. The van der Waals surface area contributed by atoms with Crippen LogP contribution >= 0.6 is 0 Å². The van der Waals surface area contributed by atoms with Crippen molar-refractivity contribution in [2.24, 2.45) is 10.2 Å². The summed E-state index contributed by atoms with van der Waals surface area (Å²) in [6, 6.07) is 13.7. The molecule has 0 bridgehead atoms. The fourth-order valence-corrected chi connectivity index (χ4v) is 2.81. The molecule has 3 rings (SSSR count). The average Bonchev–Trinajstić information content (AvgIpc) is 2.89. The number of aromatic amines is 1. The Balaban J connectivity index is 1.96. The normalized spacial score (nSPS) is 12.6. The summed E-state index contributed by atoms with van der Waals surface area (Å²) >= 11 is -2.29. The molecular weight excluding hydrogens is 340 g/mol. The minimum absolute atomic E-state index is 0.181. The van der Waals surface area contributed by atoms with Crippen LogP contribution in [0.3, 0.4) is 0 Å². The quantitative estimate of drug-likeness (QED) is 0.573. The first-order valence-corrected chi connectivity index (χ1v) is 8.53. The third-order valence-electron chi connectivity index (χ3n) is 3.67. The Morgan fingerprint density at radius 2 is 1.80 bits per heavy atom. The largest absolute Gasteiger partial charge is 0.768 e. The maximum absolute atomic E-state index is 12.5. The Labute approximate surface area is 146 Å². The van der Waals surface area contributed by atoms with Crippen LogP contribution in [0.15, 0.2) is 68.4 Å². The number of nitrogens with one attached hydrogen (secondary N) is 1. The molecule has 1 heterocycles. The Kier molecular flexibility index (Phi) is 4.73. The van der Waals surface area contributed by atoms with Crippen molar-refractivity contribution in [1.82, 2.24) is 9.78 Å². The van der Waals surface area contributed by atoms with Gasteiger partial charge in [0.1, 0.15) is 0 Å². The lowest BCUT2D eigenvalue weighted by Crippen LogP contribution is -2.13. The van der Waals surface area contributed by atoms with Gasteiger partial charge in [0.15, 0.2) is 5.69 Å². The van der Waals surface area contributed by atoms with E-state index in [1.807, 2.05) is 30.3 Å². The molecule has 1 aromatic heterocycles. The maximum Gasteiger partial charge on any atom is 0.299 e. The van der Waals surface area contributed by atoms with Gasteiger partial charge in [-0.1, -0.05) is 18.2 Å². The first-order valence-electron chi connectivity index (χ1n) is 7.46. The molecule has 25 heavy (non-hydrogen) atoms. The number of nitrogens with zero attached hydrogens (tertiary/aromatic N) is 3. The first-order chi connectivity index (χ1) is 12.0. The second-order valence-corrected chi connectivity index (χ2v) is 6.39. The molecule has 0 saturated heterocycles. The number of aryl methyl sites for hydroxylation is 2. The number of rotatable bonds is 4. The number of aromatic nitrogens is 2. The van der Waals surface area contributed by atoms with Crippen molar-refractivity contribution in [3.63, 3.8) is 0 Å². The molecule has 1 N–H and O–H groups in total. The van der Waals surface area contributed by atoms with E-state index in [9.17, 15) is 13.6 Å². The molecule has 8 heteroatoms. The fraction of sp³-hybridized carbons (Fsp3) is 0.118. The third kappa shape index (κ3) is 3.49. The van der Waals surface area contributed by atoms with E-state index < -0.39 is 11.1 Å². The maximum atomic E-state index is 12.5. The second-order valence-electron chi connectivity index (χ2n) is 5.44. The van der Waals surface area contributed by atoms with Crippen LogP contribution in [0.5, 0.6) is 0 Å². The summed E-state index contributed by atoms with van der Waals surface area (Å²) in [5.41, 5.74) is 2.35. The van der Waals surface area contributed by atoms with E-state index in [0.29, 0.717) is 22.6 Å². The van der Waals surface area contributed by atoms with Gasteiger partial charge in [0, 0.05) is 4.90 Å². The number of para-hydroxylation sites is 1.